The van der Waals surface area contributed by atoms with Crippen LogP contribution in [-0.4, -0.2) is 65.9 Å². The molecule has 30 heavy (non-hydrogen) atoms. The van der Waals surface area contributed by atoms with Crippen LogP contribution in [-0.2, 0) is 6.54 Å². The molecular weight excluding hydrogens is 378 g/mol. The van der Waals surface area contributed by atoms with Gasteiger partial charge in [0.05, 0.1) is 7.11 Å². The SMILES string of the molecule is CCNC1(N2CC3CC(C2)N3Cc2ccc(OC)nc2)C=CC(C2=CNNC2)=CN1. The third-order valence-corrected chi connectivity index (χ3v) is 6.61. The minimum atomic E-state index is -0.317. The first-order valence-electron chi connectivity index (χ1n) is 10.8. The van der Waals surface area contributed by atoms with E-state index in [0.717, 1.165) is 32.7 Å². The van der Waals surface area contributed by atoms with Gasteiger partial charge in [0.1, 0.15) is 0 Å². The van der Waals surface area contributed by atoms with E-state index < -0.39 is 0 Å². The first-order valence-corrected chi connectivity index (χ1v) is 10.8. The Kier molecular flexibility index (Phi) is 5.24. The molecule has 5 aliphatic heterocycles. The summed E-state index contributed by atoms with van der Waals surface area (Å²) in [6, 6.07) is 5.22. The fourth-order valence-corrected chi connectivity index (χ4v) is 4.97. The maximum Gasteiger partial charge on any atom is 0.212 e. The number of dihydropyridines is 1. The highest BCUT2D eigenvalue weighted by Crippen LogP contribution is 2.36. The lowest BCUT2D eigenvalue weighted by molar-refractivity contribution is -0.111. The van der Waals surface area contributed by atoms with Crippen LogP contribution in [0.15, 0.2) is 54.0 Å². The molecule has 0 spiro atoms. The lowest BCUT2D eigenvalue weighted by Crippen LogP contribution is -2.76. The molecule has 0 saturated carbocycles. The third-order valence-electron chi connectivity index (χ3n) is 6.61. The number of allylic oxidation sites excluding steroid dienone is 1. The second-order valence-electron chi connectivity index (χ2n) is 8.37. The number of hydrogen-bond acceptors (Lipinski definition) is 8. The summed E-state index contributed by atoms with van der Waals surface area (Å²) >= 11 is 0. The highest BCUT2D eigenvalue weighted by Gasteiger charge is 2.49. The number of piperazine rings is 1. The Morgan fingerprint density at radius 2 is 2.13 bits per heavy atom. The molecular formula is C22H31N7O. The van der Waals surface area contributed by atoms with Gasteiger partial charge >= 0.3 is 0 Å². The number of piperidine rings is 1. The van der Waals surface area contributed by atoms with Crippen molar-refractivity contribution >= 4 is 0 Å². The number of hydrogen-bond donors (Lipinski definition) is 4. The first-order chi connectivity index (χ1) is 14.7. The topological polar surface area (TPSA) is 76.7 Å². The molecule has 2 bridgehead atoms. The van der Waals surface area contributed by atoms with Gasteiger partial charge in [-0.05, 0) is 35.8 Å². The largest absolute Gasteiger partial charge is 0.481 e. The fourth-order valence-electron chi connectivity index (χ4n) is 4.97. The molecule has 1 aromatic heterocycles. The average molecular weight is 410 g/mol. The second-order valence-corrected chi connectivity index (χ2v) is 8.37. The molecule has 0 aromatic carbocycles. The smallest absolute Gasteiger partial charge is 0.212 e. The van der Waals surface area contributed by atoms with Crippen molar-refractivity contribution in [3.8, 4) is 5.88 Å². The van der Waals surface area contributed by atoms with Gasteiger partial charge in [-0.3, -0.25) is 15.1 Å². The quantitative estimate of drug-likeness (QED) is 0.523. The lowest BCUT2D eigenvalue weighted by atomic mass is 9.85. The summed E-state index contributed by atoms with van der Waals surface area (Å²) in [5, 5.41) is 7.36. The van der Waals surface area contributed by atoms with Crippen LogP contribution in [0.5, 0.6) is 5.88 Å². The third kappa shape index (κ3) is 3.50. The zero-order valence-corrected chi connectivity index (χ0v) is 17.7. The zero-order chi connectivity index (χ0) is 20.6. The molecule has 3 fully saturated rings. The van der Waals surface area contributed by atoms with Crippen molar-refractivity contribution in [2.24, 2.45) is 0 Å². The van der Waals surface area contributed by atoms with Crippen LogP contribution in [0.4, 0.5) is 0 Å². The maximum absolute atomic E-state index is 5.18. The number of aromatic nitrogens is 1. The van der Waals surface area contributed by atoms with Crippen LogP contribution in [0.3, 0.4) is 0 Å². The molecule has 5 aliphatic rings. The van der Waals surface area contributed by atoms with Crippen LogP contribution in [0.25, 0.3) is 0 Å². The van der Waals surface area contributed by atoms with E-state index in [9.17, 15) is 0 Å². The number of methoxy groups -OCH3 is 1. The molecule has 8 heteroatoms. The van der Waals surface area contributed by atoms with Gasteiger partial charge in [-0.15, -0.1) is 0 Å². The molecule has 3 atom stereocenters. The molecule has 6 heterocycles. The number of hydrazine groups is 1. The molecule has 6 rings (SSSR count). The van der Waals surface area contributed by atoms with Crippen molar-refractivity contribution in [3.63, 3.8) is 0 Å². The van der Waals surface area contributed by atoms with Crippen molar-refractivity contribution in [1.82, 2.24) is 36.3 Å². The van der Waals surface area contributed by atoms with Crippen LogP contribution < -0.4 is 26.2 Å². The highest BCUT2D eigenvalue weighted by atomic mass is 16.5. The van der Waals surface area contributed by atoms with Gasteiger partial charge in [0.15, 0.2) is 5.79 Å². The van der Waals surface area contributed by atoms with Crippen molar-refractivity contribution in [2.75, 3.05) is 33.3 Å². The number of nitrogens with zero attached hydrogens (tertiary/aromatic N) is 3. The molecule has 0 amide bonds. The first kappa shape index (κ1) is 19.6. The highest BCUT2D eigenvalue weighted by molar-refractivity contribution is 5.44. The monoisotopic (exact) mass is 409 g/mol. The predicted molar refractivity (Wildman–Crippen MR) is 116 cm³/mol. The number of ether oxygens (including phenoxy) is 1. The number of likely N-dealkylation sites (N-methyl/N-ethyl adjacent to an activating group) is 1. The lowest BCUT2D eigenvalue weighted by Gasteiger charge is -2.60. The molecule has 160 valence electrons. The number of pyridine rings is 1. The zero-order valence-electron chi connectivity index (χ0n) is 17.7. The van der Waals surface area contributed by atoms with Gasteiger partial charge < -0.3 is 15.5 Å². The van der Waals surface area contributed by atoms with E-state index in [1.165, 1.54) is 23.1 Å². The van der Waals surface area contributed by atoms with Gasteiger partial charge in [0.25, 0.3) is 0 Å². The normalized spacial score (nSPS) is 30.7. The minimum absolute atomic E-state index is 0.317. The Labute approximate surface area is 178 Å². The molecule has 3 unspecified atom stereocenters. The number of rotatable bonds is 7. The van der Waals surface area contributed by atoms with E-state index in [2.05, 4.69) is 67.6 Å². The standard InChI is InChI=1S/C22H31N7O/c1-3-24-22(7-6-17(10-25-22)18-11-26-27-12-18)28-14-19-8-20(15-28)29(19)13-16-4-5-21(30-2)23-9-16/h4-7,9-11,19-20,24-27H,3,8,12-15H2,1-2H3. The van der Waals surface area contributed by atoms with Crippen LogP contribution >= 0.6 is 0 Å². The van der Waals surface area contributed by atoms with Crippen molar-refractivity contribution in [3.05, 3.63) is 59.6 Å². The van der Waals surface area contributed by atoms with E-state index >= 15 is 0 Å². The molecule has 8 nitrogen and oxygen atoms in total. The van der Waals surface area contributed by atoms with Gasteiger partial charge in [-0.25, -0.2) is 10.4 Å². The maximum atomic E-state index is 5.18. The second kappa shape index (κ2) is 8.03. The van der Waals surface area contributed by atoms with Crippen molar-refractivity contribution in [2.45, 2.75) is 37.8 Å². The van der Waals surface area contributed by atoms with E-state index in [0.29, 0.717) is 18.0 Å². The van der Waals surface area contributed by atoms with Gasteiger partial charge in [0.2, 0.25) is 5.88 Å². The minimum Gasteiger partial charge on any atom is -0.481 e. The van der Waals surface area contributed by atoms with E-state index in [1.54, 1.807) is 7.11 Å². The summed E-state index contributed by atoms with van der Waals surface area (Å²) in [4.78, 5) is 9.53. The Balaban J connectivity index is 1.25. The van der Waals surface area contributed by atoms with Crippen molar-refractivity contribution in [1.29, 1.82) is 0 Å². The van der Waals surface area contributed by atoms with E-state index in [4.69, 9.17) is 4.74 Å². The summed E-state index contributed by atoms with van der Waals surface area (Å²) in [7, 11) is 1.65. The fraction of sp³-hybridized carbons (Fsp3) is 0.500. The van der Waals surface area contributed by atoms with Gasteiger partial charge in [0, 0.05) is 62.9 Å². The van der Waals surface area contributed by atoms with Crippen LogP contribution in [0.1, 0.15) is 18.9 Å². The Hall–Kier alpha value is -2.39. The van der Waals surface area contributed by atoms with Gasteiger partial charge in [-0.1, -0.05) is 19.1 Å². The van der Waals surface area contributed by atoms with Crippen LogP contribution in [0.2, 0.25) is 0 Å². The molecule has 3 saturated heterocycles. The molecule has 1 aromatic rings. The molecule has 0 aliphatic carbocycles. The summed E-state index contributed by atoms with van der Waals surface area (Å²) in [6.07, 6.45) is 11.9. The van der Waals surface area contributed by atoms with Crippen molar-refractivity contribution < 1.29 is 4.74 Å². The Bertz CT molecular complexity index is 853. The molecule has 0 radical (unpaired) electrons. The predicted octanol–water partition coefficient (Wildman–Crippen LogP) is 0.647. The summed E-state index contributed by atoms with van der Waals surface area (Å²) < 4.78 is 5.18. The van der Waals surface area contributed by atoms with E-state index in [-0.39, 0.29) is 5.79 Å². The number of nitrogens with one attached hydrogen (secondary N) is 4. The summed E-state index contributed by atoms with van der Waals surface area (Å²) in [5.74, 6) is 0.354. The van der Waals surface area contributed by atoms with Crippen LogP contribution in [0, 0.1) is 0 Å². The number of fused-ring (bicyclic) bond motifs is 2. The summed E-state index contributed by atoms with van der Waals surface area (Å²) in [5.41, 5.74) is 9.93. The van der Waals surface area contributed by atoms with Gasteiger partial charge in [-0.2, -0.15) is 0 Å². The summed E-state index contributed by atoms with van der Waals surface area (Å²) in [6.45, 7) is 6.95. The average Bonchev–Trinajstić information content (AvgIpc) is 3.33. The Morgan fingerprint density at radius 1 is 1.27 bits per heavy atom. The Morgan fingerprint density at radius 3 is 2.73 bits per heavy atom. The van der Waals surface area contributed by atoms with E-state index in [1.807, 2.05) is 18.5 Å². The molecule has 4 N–H and O–H groups in total.